The van der Waals surface area contributed by atoms with E-state index in [1.807, 2.05) is 13.8 Å². The van der Waals surface area contributed by atoms with Gasteiger partial charge in [-0.1, -0.05) is 13.8 Å². The van der Waals surface area contributed by atoms with E-state index in [4.69, 9.17) is 5.84 Å². The topological polar surface area (TPSA) is 94.1 Å². The Kier molecular flexibility index (Phi) is 3.12. The summed E-state index contributed by atoms with van der Waals surface area (Å²) < 4.78 is 0. The number of anilines is 1. The molecule has 0 atom stereocenters. The molecule has 0 spiro atoms. The van der Waals surface area contributed by atoms with Gasteiger partial charge >= 0.3 is 0 Å². The minimum atomic E-state index is -0.425. The second-order valence-electron chi connectivity index (χ2n) is 4.35. The first-order chi connectivity index (χ1) is 8.52. The summed E-state index contributed by atoms with van der Waals surface area (Å²) in [6, 6.07) is 6.38. The van der Waals surface area contributed by atoms with Gasteiger partial charge in [0.15, 0.2) is 0 Å². The van der Waals surface area contributed by atoms with Crippen molar-refractivity contribution in [2.75, 3.05) is 5.43 Å². The van der Waals surface area contributed by atoms with Crippen LogP contribution in [-0.4, -0.2) is 9.91 Å². The van der Waals surface area contributed by atoms with E-state index in [0.717, 1.165) is 11.2 Å². The molecule has 3 N–H and O–H groups in total. The maximum absolute atomic E-state index is 10.7. The number of fused-ring (bicyclic) bond motifs is 1. The average Bonchev–Trinajstić information content (AvgIpc) is 2.36. The fourth-order valence-electron chi connectivity index (χ4n) is 1.85. The molecule has 0 saturated carbocycles. The number of nitrogens with two attached hydrogens (primary N) is 1. The molecule has 0 radical (unpaired) electrons. The lowest BCUT2D eigenvalue weighted by Crippen LogP contribution is -2.11. The summed E-state index contributed by atoms with van der Waals surface area (Å²) in [4.78, 5) is 14.8. The predicted molar refractivity (Wildman–Crippen MR) is 70.3 cm³/mol. The molecule has 2 aromatic rings. The maximum Gasteiger partial charge on any atom is 0.270 e. The van der Waals surface area contributed by atoms with E-state index >= 15 is 0 Å². The Morgan fingerprint density at radius 3 is 2.67 bits per heavy atom. The van der Waals surface area contributed by atoms with Gasteiger partial charge in [-0.25, -0.2) is 0 Å². The Hall–Kier alpha value is -2.21. The zero-order valence-corrected chi connectivity index (χ0v) is 10.2. The van der Waals surface area contributed by atoms with Crippen LogP contribution in [-0.2, 0) is 0 Å². The Morgan fingerprint density at radius 1 is 1.39 bits per heavy atom. The summed E-state index contributed by atoms with van der Waals surface area (Å²) in [6.45, 7) is 4.03. The lowest BCUT2D eigenvalue weighted by Gasteiger charge is -2.12. The molecule has 18 heavy (non-hydrogen) atoms. The molecular formula is C12H14N4O2. The Morgan fingerprint density at radius 2 is 2.11 bits per heavy atom. The predicted octanol–water partition coefficient (Wildman–Crippen LogP) is 2.55. The quantitative estimate of drug-likeness (QED) is 0.493. The molecule has 0 amide bonds. The standard InChI is InChI=1S/C12H14N4O2/c1-7(2)12-11(15-13)6-8-5-9(16(17)18)3-4-10(8)14-12/h3-7,15H,13H2,1-2H3. The van der Waals surface area contributed by atoms with E-state index in [2.05, 4.69) is 10.4 Å². The molecule has 0 aliphatic rings. The second kappa shape index (κ2) is 4.58. The molecule has 1 aromatic carbocycles. The number of benzene rings is 1. The number of pyridine rings is 1. The number of rotatable bonds is 3. The highest BCUT2D eigenvalue weighted by molar-refractivity contribution is 5.84. The highest BCUT2D eigenvalue weighted by Crippen LogP contribution is 2.28. The van der Waals surface area contributed by atoms with Crippen molar-refractivity contribution in [2.24, 2.45) is 5.84 Å². The molecule has 1 aromatic heterocycles. The molecule has 1 heterocycles. The van der Waals surface area contributed by atoms with Crippen LogP contribution in [0.3, 0.4) is 0 Å². The van der Waals surface area contributed by atoms with Crippen molar-refractivity contribution in [2.45, 2.75) is 19.8 Å². The third kappa shape index (κ3) is 2.10. The summed E-state index contributed by atoms with van der Waals surface area (Å²) in [7, 11) is 0. The van der Waals surface area contributed by atoms with Crippen molar-refractivity contribution in [3.05, 3.63) is 40.1 Å². The molecule has 0 aliphatic heterocycles. The lowest BCUT2D eigenvalue weighted by atomic mass is 10.1. The van der Waals surface area contributed by atoms with E-state index in [-0.39, 0.29) is 11.6 Å². The number of hydrogen-bond acceptors (Lipinski definition) is 5. The van der Waals surface area contributed by atoms with Crippen molar-refractivity contribution in [3.63, 3.8) is 0 Å². The van der Waals surface area contributed by atoms with E-state index in [1.165, 1.54) is 12.1 Å². The van der Waals surface area contributed by atoms with Crippen molar-refractivity contribution >= 4 is 22.3 Å². The number of nitro benzene ring substituents is 1. The largest absolute Gasteiger partial charge is 0.322 e. The number of nitro groups is 1. The van der Waals surface area contributed by atoms with Crippen molar-refractivity contribution in [3.8, 4) is 0 Å². The first-order valence-corrected chi connectivity index (χ1v) is 5.58. The van der Waals surface area contributed by atoms with E-state index in [0.29, 0.717) is 11.1 Å². The van der Waals surface area contributed by atoms with Gasteiger partial charge in [0, 0.05) is 17.5 Å². The summed E-state index contributed by atoms with van der Waals surface area (Å²) in [5, 5.41) is 11.4. The van der Waals surface area contributed by atoms with Crippen LogP contribution in [0.2, 0.25) is 0 Å². The van der Waals surface area contributed by atoms with Crippen molar-refractivity contribution < 1.29 is 4.92 Å². The van der Waals surface area contributed by atoms with Crippen LogP contribution in [0.4, 0.5) is 11.4 Å². The van der Waals surface area contributed by atoms with Gasteiger partial charge < -0.3 is 5.43 Å². The first kappa shape index (κ1) is 12.3. The van der Waals surface area contributed by atoms with Crippen LogP contribution < -0.4 is 11.3 Å². The van der Waals surface area contributed by atoms with Gasteiger partial charge in [0.05, 0.1) is 21.8 Å². The van der Waals surface area contributed by atoms with Crippen molar-refractivity contribution in [1.29, 1.82) is 0 Å². The molecule has 6 nitrogen and oxygen atoms in total. The zero-order chi connectivity index (χ0) is 13.3. The fourth-order valence-corrected chi connectivity index (χ4v) is 1.85. The van der Waals surface area contributed by atoms with E-state index in [1.54, 1.807) is 12.1 Å². The van der Waals surface area contributed by atoms with Crippen LogP contribution >= 0.6 is 0 Å². The highest BCUT2D eigenvalue weighted by Gasteiger charge is 2.12. The smallest absolute Gasteiger partial charge is 0.270 e. The van der Waals surface area contributed by atoms with E-state index in [9.17, 15) is 10.1 Å². The lowest BCUT2D eigenvalue weighted by molar-refractivity contribution is -0.384. The summed E-state index contributed by atoms with van der Waals surface area (Å²) in [6.07, 6.45) is 0. The monoisotopic (exact) mass is 246 g/mol. The Bertz CT molecular complexity index is 610. The Balaban J connectivity index is 2.67. The van der Waals surface area contributed by atoms with E-state index < -0.39 is 4.92 Å². The number of hydrogen-bond donors (Lipinski definition) is 2. The van der Waals surface area contributed by atoms with Gasteiger partial charge in [-0.2, -0.15) is 0 Å². The molecule has 0 saturated heterocycles. The van der Waals surface area contributed by atoms with Crippen LogP contribution in [0, 0.1) is 10.1 Å². The summed E-state index contributed by atoms with van der Waals surface area (Å²) in [5.74, 6) is 5.67. The van der Waals surface area contributed by atoms with Crippen LogP contribution in [0.1, 0.15) is 25.5 Å². The number of nitrogens with zero attached hydrogens (tertiary/aromatic N) is 2. The number of aromatic nitrogens is 1. The maximum atomic E-state index is 10.7. The van der Waals surface area contributed by atoms with Gasteiger partial charge in [0.2, 0.25) is 0 Å². The number of non-ortho nitro benzene ring substituents is 1. The molecule has 0 fully saturated rings. The minimum Gasteiger partial charge on any atom is -0.322 e. The van der Waals surface area contributed by atoms with Gasteiger partial charge in [-0.3, -0.25) is 20.9 Å². The normalized spacial score (nSPS) is 10.9. The van der Waals surface area contributed by atoms with Crippen LogP contribution in [0.5, 0.6) is 0 Å². The SMILES string of the molecule is CC(C)c1nc2ccc([N+](=O)[O-])cc2cc1NN. The van der Waals surface area contributed by atoms with Gasteiger partial charge in [0.1, 0.15) is 0 Å². The van der Waals surface area contributed by atoms with Gasteiger partial charge in [0.25, 0.3) is 5.69 Å². The number of nitrogens with one attached hydrogen (secondary N) is 1. The highest BCUT2D eigenvalue weighted by atomic mass is 16.6. The second-order valence-corrected chi connectivity index (χ2v) is 4.35. The number of hydrazine groups is 1. The molecule has 94 valence electrons. The first-order valence-electron chi connectivity index (χ1n) is 5.58. The van der Waals surface area contributed by atoms with Crippen LogP contribution in [0.15, 0.2) is 24.3 Å². The minimum absolute atomic E-state index is 0.0459. The zero-order valence-electron chi connectivity index (χ0n) is 10.2. The molecule has 0 aliphatic carbocycles. The molecule has 0 unspecified atom stereocenters. The number of nitrogen functional groups attached to an aromatic ring is 1. The van der Waals surface area contributed by atoms with Gasteiger partial charge in [-0.05, 0) is 18.1 Å². The fraction of sp³-hybridized carbons (Fsp3) is 0.250. The summed E-state index contributed by atoms with van der Waals surface area (Å²) in [5.41, 5.74) is 4.90. The summed E-state index contributed by atoms with van der Waals surface area (Å²) >= 11 is 0. The average molecular weight is 246 g/mol. The molecular weight excluding hydrogens is 232 g/mol. The third-order valence-corrected chi connectivity index (χ3v) is 2.74. The van der Waals surface area contributed by atoms with Gasteiger partial charge in [-0.15, -0.1) is 0 Å². The van der Waals surface area contributed by atoms with Crippen LogP contribution in [0.25, 0.3) is 10.9 Å². The molecule has 2 rings (SSSR count). The van der Waals surface area contributed by atoms with Crippen molar-refractivity contribution in [1.82, 2.24) is 4.98 Å². The molecule has 6 heteroatoms. The molecule has 0 bridgehead atoms. The third-order valence-electron chi connectivity index (χ3n) is 2.74. The Labute approximate surface area is 104 Å².